The van der Waals surface area contributed by atoms with Crippen molar-refractivity contribution in [2.24, 2.45) is 4.99 Å². The molecule has 1 N–H and O–H groups in total. The predicted octanol–water partition coefficient (Wildman–Crippen LogP) is 4.83. The molecule has 0 aliphatic heterocycles. The van der Waals surface area contributed by atoms with Crippen molar-refractivity contribution in [2.45, 2.75) is 0 Å². The van der Waals surface area contributed by atoms with Gasteiger partial charge in [-0.15, -0.1) is 0 Å². The summed E-state index contributed by atoms with van der Waals surface area (Å²) in [6.07, 6.45) is 0. The van der Waals surface area contributed by atoms with E-state index >= 15 is 0 Å². The molecule has 1 heterocycles. The van der Waals surface area contributed by atoms with Gasteiger partial charge in [0.15, 0.2) is 0 Å². The van der Waals surface area contributed by atoms with Crippen LogP contribution in [0.2, 0.25) is 0 Å². The molecule has 31 heavy (non-hydrogen) atoms. The van der Waals surface area contributed by atoms with E-state index in [9.17, 15) is 14.9 Å². The van der Waals surface area contributed by atoms with E-state index < -0.39 is 10.8 Å². The number of hydrogen-bond acceptors (Lipinski definition) is 6. The maximum absolute atomic E-state index is 13.0. The van der Waals surface area contributed by atoms with Crippen molar-refractivity contribution in [1.82, 2.24) is 0 Å². The van der Waals surface area contributed by atoms with Crippen LogP contribution in [0.5, 0.6) is 5.75 Å². The van der Waals surface area contributed by atoms with E-state index in [1.807, 2.05) is 6.07 Å². The van der Waals surface area contributed by atoms with Crippen LogP contribution in [0.25, 0.3) is 11.0 Å². The highest BCUT2D eigenvalue weighted by Gasteiger charge is 2.16. The zero-order valence-electron chi connectivity index (χ0n) is 16.4. The van der Waals surface area contributed by atoms with E-state index in [0.717, 1.165) is 0 Å². The second-order valence-electron chi connectivity index (χ2n) is 6.55. The van der Waals surface area contributed by atoms with Crippen molar-refractivity contribution in [3.63, 3.8) is 0 Å². The molecule has 0 atom stereocenters. The average molecular weight is 415 g/mol. The molecule has 0 bridgehead atoms. The Morgan fingerprint density at radius 1 is 1.03 bits per heavy atom. The number of methoxy groups -OCH3 is 1. The molecule has 8 heteroatoms. The van der Waals surface area contributed by atoms with Gasteiger partial charge in [-0.25, -0.2) is 4.99 Å². The van der Waals surface area contributed by atoms with Crippen molar-refractivity contribution in [1.29, 1.82) is 0 Å². The van der Waals surface area contributed by atoms with E-state index in [1.54, 1.807) is 48.5 Å². The molecule has 0 aliphatic rings. The summed E-state index contributed by atoms with van der Waals surface area (Å²) in [5.74, 6) is 0.0490. The van der Waals surface area contributed by atoms with E-state index in [4.69, 9.17) is 9.15 Å². The Labute approximate surface area is 176 Å². The summed E-state index contributed by atoms with van der Waals surface area (Å²) < 4.78 is 11.2. The van der Waals surface area contributed by atoms with Crippen LogP contribution in [0.4, 0.5) is 17.1 Å². The summed E-state index contributed by atoms with van der Waals surface area (Å²) in [6, 6.07) is 21.7. The van der Waals surface area contributed by atoms with Crippen molar-refractivity contribution >= 4 is 33.9 Å². The van der Waals surface area contributed by atoms with Gasteiger partial charge < -0.3 is 14.5 Å². The highest BCUT2D eigenvalue weighted by molar-refractivity contribution is 6.05. The molecule has 4 rings (SSSR count). The normalized spacial score (nSPS) is 11.3. The number of hydrogen-bond donors (Lipinski definition) is 1. The van der Waals surface area contributed by atoms with Crippen LogP contribution < -0.4 is 15.6 Å². The first-order chi connectivity index (χ1) is 15.0. The summed E-state index contributed by atoms with van der Waals surface area (Å²) in [6.45, 7) is 0. The van der Waals surface area contributed by atoms with Crippen LogP contribution >= 0.6 is 0 Å². The van der Waals surface area contributed by atoms with Gasteiger partial charge in [0.05, 0.1) is 12.0 Å². The number of nitrogens with zero attached hydrogens (tertiary/aromatic N) is 2. The lowest BCUT2D eigenvalue weighted by Crippen LogP contribution is -2.21. The van der Waals surface area contributed by atoms with Gasteiger partial charge >= 0.3 is 0 Å². The van der Waals surface area contributed by atoms with Gasteiger partial charge in [0.25, 0.3) is 11.6 Å². The third kappa shape index (κ3) is 4.27. The number of para-hydroxylation sites is 3. The Kier molecular flexibility index (Phi) is 5.44. The third-order valence-electron chi connectivity index (χ3n) is 4.52. The summed E-state index contributed by atoms with van der Waals surface area (Å²) in [5.41, 5.74) is 1.50. The first-order valence-electron chi connectivity index (χ1n) is 9.31. The molecule has 154 valence electrons. The smallest absolute Gasteiger partial charge is 0.270 e. The van der Waals surface area contributed by atoms with Gasteiger partial charge in [0.2, 0.25) is 5.55 Å². The number of carbonyl (C=O) groups is 1. The quantitative estimate of drug-likeness (QED) is 0.371. The van der Waals surface area contributed by atoms with E-state index in [1.165, 1.54) is 31.4 Å². The first kappa shape index (κ1) is 19.8. The molecule has 0 unspecified atom stereocenters. The Morgan fingerprint density at radius 3 is 2.52 bits per heavy atom. The number of nitro groups is 1. The van der Waals surface area contributed by atoms with Gasteiger partial charge in [-0.3, -0.25) is 14.9 Å². The van der Waals surface area contributed by atoms with Gasteiger partial charge in [-0.1, -0.05) is 30.3 Å². The van der Waals surface area contributed by atoms with Gasteiger partial charge in [0, 0.05) is 23.2 Å². The molecule has 0 saturated carbocycles. The highest BCUT2D eigenvalue weighted by Crippen LogP contribution is 2.26. The van der Waals surface area contributed by atoms with Crippen molar-refractivity contribution in [3.8, 4) is 5.75 Å². The zero-order valence-corrected chi connectivity index (χ0v) is 16.4. The van der Waals surface area contributed by atoms with Crippen molar-refractivity contribution in [3.05, 3.63) is 100 Å². The predicted molar refractivity (Wildman–Crippen MR) is 115 cm³/mol. The summed E-state index contributed by atoms with van der Waals surface area (Å²) >= 11 is 0. The number of ether oxygens (including phenoxy) is 1. The molecule has 0 radical (unpaired) electrons. The number of anilines is 1. The monoisotopic (exact) mass is 415 g/mol. The zero-order chi connectivity index (χ0) is 21.8. The van der Waals surface area contributed by atoms with Crippen LogP contribution in [0.15, 0.2) is 88.3 Å². The molecule has 0 fully saturated rings. The third-order valence-corrected chi connectivity index (χ3v) is 4.52. The summed E-state index contributed by atoms with van der Waals surface area (Å²) in [7, 11) is 1.52. The summed E-state index contributed by atoms with van der Waals surface area (Å²) in [4.78, 5) is 28.2. The Balaban J connectivity index is 1.91. The molecule has 0 spiro atoms. The second-order valence-corrected chi connectivity index (χ2v) is 6.55. The number of nitro benzene ring substituents is 1. The standard InChI is InChI=1S/C23H17N3O5/c1-30-21-10-6-5-9-19(21)25-23-18(22(27)24-16-7-3-2-4-8-16)14-15-13-17(26(28)29)11-12-20(15)31-23/h2-14H,1H3,(H,24,27). The number of fused-ring (bicyclic) bond motifs is 1. The van der Waals surface area contributed by atoms with E-state index in [2.05, 4.69) is 10.3 Å². The fourth-order valence-electron chi connectivity index (χ4n) is 3.03. The molecule has 8 nitrogen and oxygen atoms in total. The van der Waals surface area contributed by atoms with Crippen LogP contribution in [0.1, 0.15) is 10.4 Å². The van der Waals surface area contributed by atoms with Crippen LogP contribution in [-0.4, -0.2) is 17.9 Å². The number of carbonyl (C=O) groups excluding carboxylic acids is 1. The molecule has 0 saturated heterocycles. The topological polar surface area (TPSA) is 107 Å². The van der Waals surface area contributed by atoms with Crippen LogP contribution in [-0.2, 0) is 0 Å². The van der Waals surface area contributed by atoms with Crippen LogP contribution in [0.3, 0.4) is 0 Å². The maximum atomic E-state index is 13.0. The second kappa shape index (κ2) is 8.50. The van der Waals surface area contributed by atoms with Gasteiger partial charge in [-0.05, 0) is 36.4 Å². The van der Waals surface area contributed by atoms with Gasteiger partial charge in [-0.2, -0.15) is 0 Å². The minimum atomic E-state index is -0.504. The SMILES string of the molecule is COc1ccccc1N=c1oc2ccc([N+](=O)[O-])cc2cc1C(=O)Nc1ccccc1. The van der Waals surface area contributed by atoms with E-state index in [-0.39, 0.29) is 16.8 Å². The molecule has 1 amide bonds. The number of nitrogens with one attached hydrogen (secondary N) is 1. The summed E-state index contributed by atoms with van der Waals surface area (Å²) in [5, 5.41) is 14.3. The number of benzene rings is 3. The minimum absolute atomic E-state index is 0.0549. The fourth-order valence-corrected chi connectivity index (χ4v) is 3.03. The Hall–Kier alpha value is -4.46. The number of amides is 1. The highest BCUT2D eigenvalue weighted by atomic mass is 16.6. The molecule has 0 aliphatic carbocycles. The maximum Gasteiger partial charge on any atom is 0.270 e. The molecule has 1 aromatic heterocycles. The van der Waals surface area contributed by atoms with E-state index in [0.29, 0.717) is 28.1 Å². The average Bonchev–Trinajstić information content (AvgIpc) is 2.79. The Bertz CT molecular complexity index is 1350. The first-order valence-corrected chi connectivity index (χ1v) is 9.31. The molecule has 4 aromatic rings. The fraction of sp³-hybridized carbons (Fsp3) is 0.0435. The molecule has 3 aromatic carbocycles. The number of non-ortho nitro benzene ring substituents is 1. The Morgan fingerprint density at radius 2 is 1.77 bits per heavy atom. The largest absolute Gasteiger partial charge is 0.494 e. The molecular formula is C23H17N3O5. The minimum Gasteiger partial charge on any atom is -0.494 e. The lowest BCUT2D eigenvalue weighted by molar-refractivity contribution is -0.384. The van der Waals surface area contributed by atoms with Crippen molar-refractivity contribution in [2.75, 3.05) is 12.4 Å². The van der Waals surface area contributed by atoms with Gasteiger partial charge in [0.1, 0.15) is 22.6 Å². The molecular weight excluding hydrogens is 398 g/mol. The lowest BCUT2D eigenvalue weighted by Gasteiger charge is -2.08. The number of rotatable bonds is 5. The van der Waals surface area contributed by atoms with Crippen LogP contribution in [0, 0.1) is 10.1 Å². The van der Waals surface area contributed by atoms with Crippen molar-refractivity contribution < 1.29 is 18.9 Å². The lowest BCUT2D eigenvalue weighted by atomic mass is 10.1.